The van der Waals surface area contributed by atoms with Gasteiger partial charge in [0.25, 0.3) is 0 Å². The highest BCUT2D eigenvalue weighted by Gasteiger charge is 2.67. The molecule has 5 rings (SSSR count). The molecule has 25 heavy (non-hydrogen) atoms. The average molecular weight is 348 g/mol. The second-order valence-electron chi connectivity index (χ2n) is 9.04. The molecule has 2 bridgehead atoms. The van der Waals surface area contributed by atoms with E-state index in [-0.39, 0.29) is 28.7 Å². The molecular weight excluding hydrogens is 320 g/mol. The molecule has 5 heteroatoms. The van der Waals surface area contributed by atoms with E-state index in [1.54, 1.807) is 0 Å². The highest BCUT2D eigenvalue weighted by atomic mass is 16.6. The summed E-state index contributed by atoms with van der Waals surface area (Å²) in [5.41, 5.74) is 0.850. The molecule has 1 spiro atoms. The third-order valence-electron chi connectivity index (χ3n) is 6.90. The first-order chi connectivity index (χ1) is 11.6. The van der Waals surface area contributed by atoms with E-state index >= 15 is 0 Å². The van der Waals surface area contributed by atoms with Gasteiger partial charge in [-0.15, -0.1) is 0 Å². The summed E-state index contributed by atoms with van der Waals surface area (Å²) in [6.45, 7) is 8.10. The van der Waals surface area contributed by atoms with Gasteiger partial charge in [0.1, 0.15) is 6.10 Å². The van der Waals surface area contributed by atoms with Crippen LogP contribution in [0.3, 0.4) is 0 Å². The standard InChI is InChI=1S/C20H28O5/c1-9(2)10-8-11-12(14(22)13(10)21)20-7-5-6-19(3,4)17(20)15(23)16(11)25-18(20)24/h8-9,15-18,21-24H,5-7H2,1-4H3/t15-,16+,17-,18+,20?/m0/s1. The quantitative estimate of drug-likeness (QED) is 0.586. The maximum Gasteiger partial charge on any atom is 0.165 e. The zero-order valence-corrected chi connectivity index (χ0v) is 15.3. The van der Waals surface area contributed by atoms with Gasteiger partial charge in [0, 0.05) is 17.0 Å². The molecule has 138 valence electrons. The lowest BCUT2D eigenvalue weighted by Gasteiger charge is -2.64. The molecule has 4 N–H and O–H groups in total. The molecular formula is C20H28O5. The molecule has 2 aliphatic carbocycles. The van der Waals surface area contributed by atoms with Crippen molar-refractivity contribution in [2.45, 2.75) is 76.8 Å². The zero-order valence-electron chi connectivity index (χ0n) is 15.3. The van der Waals surface area contributed by atoms with Crippen LogP contribution >= 0.6 is 0 Å². The molecule has 1 aromatic rings. The maximum absolute atomic E-state index is 11.1. The fourth-order valence-electron chi connectivity index (χ4n) is 5.92. The minimum Gasteiger partial charge on any atom is -0.504 e. The summed E-state index contributed by atoms with van der Waals surface area (Å²) in [6, 6.07) is 1.84. The molecule has 4 aliphatic rings. The number of ether oxygens (including phenoxy) is 1. The van der Waals surface area contributed by atoms with Crippen molar-refractivity contribution in [2.24, 2.45) is 11.3 Å². The van der Waals surface area contributed by atoms with Gasteiger partial charge in [0.05, 0.1) is 11.5 Å². The number of rotatable bonds is 1. The lowest BCUT2D eigenvalue weighted by molar-refractivity contribution is -0.303. The van der Waals surface area contributed by atoms with Crippen LogP contribution in [0.1, 0.15) is 75.7 Å². The van der Waals surface area contributed by atoms with E-state index < -0.39 is 23.9 Å². The second kappa shape index (κ2) is 5.12. The van der Waals surface area contributed by atoms with Gasteiger partial charge in [-0.05, 0) is 35.8 Å². The molecule has 1 saturated carbocycles. The minimum atomic E-state index is -1.09. The molecule has 1 aromatic carbocycles. The number of benzene rings is 1. The molecule has 0 amide bonds. The van der Waals surface area contributed by atoms with E-state index in [1.165, 1.54) is 0 Å². The van der Waals surface area contributed by atoms with Crippen LogP contribution < -0.4 is 0 Å². The molecule has 5 nitrogen and oxygen atoms in total. The molecule has 1 unspecified atom stereocenters. The van der Waals surface area contributed by atoms with E-state index in [4.69, 9.17) is 4.74 Å². The average Bonchev–Trinajstić information content (AvgIpc) is 2.51. The first kappa shape index (κ1) is 17.1. The third kappa shape index (κ3) is 1.95. The number of fused-ring (bicyclic) bond motifs is 1. The maximum atomic E-state index is 11.1. The first-order valence-corrected chi connectivity index (χ1v) is 9.23. The summed E-state index contributed by atoms with van der Waals surface area (Å²) in [5.74, 6) is -0.470. The smallest absolute Gasteiger partial charge is 0.165 e. The summed E-state index contributed by atoms with van der Waals surface area (Å²) in [5, 5.41) is 43.4. The highest BCUT2D eigenvalue weighted by Crippen LogP contribution is 2.67. The minimum absolute atomic E-state index is 0.0230. The lowest BCUT2D eigenvalue weighted by atomic mass is 9.46. The predicted molar refractivity (Wildman–Crippen MR) is 92.5 cm³/mol. The fraction of sp³-hybridized carbons (Fsp3) is 0.700. The molecule has 2 fully saturated rings. The number of aromatic hydroxyl groups is 2. The van der Waals surface area contributed by atoms with E-state index in [9.17, 15) is 20.4 Å². The van der Waals surface area contributed by atoms with Crippen molar-refractivity contribution in [1.82, 2.24) is 0 Å². The van der Waals surface area contributed by atoms with Crippen LogP contribution in [0.25, 0.3) is 0 Å². The summed E-state index contributed by atoms with van der Waals surface area (Å²) in [6.07, 6.45) is -0.0799. The van der Waals surface area contributed by atoms with Crippen LogP contribution in [-0.4, -0.2) is 32.8 Å². The zero-order chi connectivity index (χ0) is 18.3. The Bertz CT molecular complexity index is 725. The Morgan fingerprint density at radius 1 is 1.12 bits per heavy atom. The molecule has 1 saturated heterocycles. The van der Waals surface area contributed by atoms with Gasteiger partial charge < -0.3 is 25.2 Å². The fourth-order valence-corrected chi connectivity index (χ4v) is 5.92. The van der Waals surface area contributed by atoms with Gasteiger partial charge in [-0.2, -0.15) is 0 Å². The van der Waals surface area contributed by atoms with Gasteiger partial charge in [-0.3, -0.25) is 0 Å². The van der Waals surface area contributed by atoms with Crippen LogP contribution in [0.15, 0.2) is 6.07 Å². The van der Waals surface area contributed by atoms with Crippen molar-refractivity contribution in [1.29, 1.82) is 0 Å². The second-order valence-corrected chi connectivity index (χ2v) is 9.04. The number of phenolic OH excluding ortho intramolecular Hbond substituents is 2. The Balaban J connectivity index is 2.05. The number of hydrogen-bond acceptors (Lipinski definition) is 5. The van der Waals surface area contributed by atoms with Crippen LogP contribution in [0.2, 0.25) is 0 Å². The van der Waals surface area contributed by atoms with E-state index in [2.05, 4.69) is 13.8 Å². The van der Waals surface area contributed by atoms with Crippen molar-refractivity contribution in [3.8, 4) is 11.5 Å². The summed E-state index contributed by atoms with van der Waals surface area (Å²) < 4.78 is 5.82. The predicted octanol–water partition coefficient (Wildman–Crippen LogP) is 3.05. The summed E-state index contributed by atoms with van der Waals surface area (Å²) in [4.78, 5) is 0. The van der Waals surface area contributed by atoms with Crippen LogP contribution in [0.4, 0.5) is 0 Å². The number of aliphatic hydroxyl groups excluding tert-OH is 2. The van der Waals surface area contributed by atoms with Crippen LogP contribution in [-0.2, 0) is 10.2 Å². The van der Waals surface area contributed by atoms with Crippen molar-refractivity contribution in [3.05, 3.63) is 22.8 Å². The van der Waals surface area contributed by atoms with Gasteiger partial charge in [-0.25, -0.2) is 0 Å². The van der Waals surface area contributed by atoms with Gasteiger partial charge >= 0.3 is 0 Å². The molecule has 0 aromatic heterocycles. The van der Waals surface area contributed by atoms with Crippen molar-refractivity contribution >= 4 is 0 Å². The molecule has 0 radical (unpaired) electrons. The Hall–Kier alpha value is -1.30. The Labute approximate surface area is 148 Å². The third-order valence-corrected chi connectivity index (χ3v) is 6.90. The highest BCUT2D eigenvalue weighted by molar-refractivity contribution is 5.61. The Kier molecular flexibility index (Phi) is 3.51. The Morgan fingerprint density at radius 3 is 2.44 bits per heavy atom. The van der Waals surface area contributed by atoms with Crippen molar-refractivity contribution in [2.75, 3.05) is 0 Å². The molecule has 2 heterocycles. The molecule has 5 atom stereocenters. The largest absolute Gasteiger partial charge is 0.504 e. The summed E-state index contributed by atoms with van der Waals surface area (Å²) >= 11 is 0. The van der Waals surface area contributed by atoms with E-state index in [0.29, 0.717) is 23.1 Å². The number of aliphatic hydroxyl groups is 2. The number of hydrogen-bond donors (Lipinski definition) is 4. The van der Waals surface area contributed by atoms with Crippen molar-refractivity contribution < 1.29 is 25.2 Å². The SMILES string of the molecule is CC(C)c1cc2c(c(O)c1O)C13CCCC(C)(C)[C@@H]1[C@@H](O)[C@@H]2O[C@H]3O. The monoisotopic (exact) mass is 348 g/mol. The van der Waals surface area contributed by atoms with Crippen LogP contribution in [0, 0.1) is 11.3 Å². The summed E-state index contributed by atoms with van der Waals surface area (Å²) in [7, 11) is 0. The van der Waals surface area contributed by atoms with Gasteiger partial charge in [0.15, 0.2) is 17.8 Å². The lowest BCUT2D eigenvalue weighted by Crippen LogP contribution is -2.67. The van der Waals surface area contributed by atoms with E-state index in [0.717, 1.165) is 12.8 Å². The van der Waals surface area contributed by atoms with Crippen LogP contribution in [0.5, 0.6) is 11.5 Å². The van der Waals surface area contributed by atoms with Gasteiger partial charge in [0.2, 0.25) is 0 Å². The van der Waals surface area contributed by atoms with E-state index in [1.807, 2.05) is 19.9 Å². The topological polar surface area (TPSA) is 90.2 Å². The number of phenols is 2. The van der Waals surface area contributed by atoms with Crippen molar-refractivity contribution in [3.63, 3.8) is 0 Å². The first-order valence-electron chi connectivity index (χ1n) is 9.23. The molecule has 2 aliphatic heterocycles. The Morgan fingerprint density at radius 2 is 1.80 bits per heavy atom. The normalized spacial score (nSPS) is 38.5. The van der Waals surface area contributed by atoms with Gasteiger partial charge in [-0.1, -0.05) is 34.1 Å².